The molecule has 1 atom stereocenters. The molecule has 1 unspecified atom stereocenters. The number of likely N-dealkylation sites (tertiary alicyclic amines) is 1. The number of nitrogens with zero attached hydrogens (tertiary/aromatic N) is 4. The molecule has 0 bridgehead atoms. The van der Waals surface area contributed by atoms with E-state index in [0.717, 1.165) is 57.8 Å². The number of carbonyl (C=O) groups is 2. The number of methoxy groups -OCH3 is 1. The second-order valence-electron chi connectivity index (χ2n) is 7.02. The van der Waals surface area contributed by atoms with Gasteiger partial charge in [0.1, 0.15) is 5.82 Å². The summed E-state index contributed by atoms with van der Waals surface area (Å²) in [5.74, 6) is 1.59. The molecule has 1 aromatic heterocycles. The van der Waals surface area contributed by atoms with E-state index in [-0.39, 0.29) is 12.0 Å². The lowest BCUT2D eigenvalue weighted by molar-refractivity contribution is -0.131. The minimum Gasteiger partial charge on any atom is -0.453 e. The zero-order chi connectivity index (χ0) is 18.4. The molecule has 0 N–H and O–H groups in total. The molecule has 142 valence electrons. The van der Waals surface area contributed by atoms with Gasteiger partial charge in [0.2, 0.25) is 5.91 Å². The van der Waals surface area contributed by atoms with Crippen LogP contribution in [0.2, 0.25) is 0 Å². The molecule has 3 rings (SSSR count). The molecule has 2 saturated heterocycles. The highest BCUT2D eigenvalue weighted by molar-refractivity contribution is 5.76. The lowest BCUT2D eigenvalue weighted by Gasteiger charge is -2.36. The van der Waals surface area contributed by atoms with Crippen molar-refractivity contribution in [1.82, 2.24) is 14.8 Å². The maximum Gasteiger partial charge on any atom is 0.409 e. The normalized spacial score (nSPS) is 20.8. The van der Waals surface area contributed by atoms with Crippen molar-refractivity contribution in [2.75, 3.05) is 51.3 Å². The summed E-state index contributed by atoms with van der Waals surface area (Å²) in [4.78, 5) is 34.5. The lowest BCUT2D eigenvalue weighted by Crippen LogP contribution is -2.49. The number of piperazine rings is 1. The first-order valence-corrected chi connectivity index (χ1v) is 9.44. The molecule has 3 heterocycles. The van der Waals surface area contributed by atoms with Gasteiger partial charge in [-0.2, -0.15) is 0 Å². The highest BCUT2D eigenvalue weighted by atomic mass is 16.5. The van der Waals surface area contributed by atoms with Crippen LogP contribution in [-0.2, 0) is 9.53 Å². The molecule has 2 fully saturated rings. The van der Waals surface area contributed by atoms with Gasteiger partial charge >= 0.3 is 6.09 Å². The van der Waals surface area contributed by atoms with E-state index in [1.165, 1.54) is 7.11 Å². The number of hydrogen-bond donors (Lipinski definition) is 0. The first-order valence-electron chi connectivity index (χ1n) is 9.44. The summed E-state index contributed by atoms with van der Waals surface area (Å²) in [5, 5.41) is 0. The average molecular weight is 360 g/mol. The molecule has 2 aliphatic heterocycles. The minimum atomic E-state index is -0.258. The fourth-order valence-corrected chi connectivity index (χ4v) is 3.81. The Hall–Kier alpha value is -2.31. The molecule has 0 aromatic carbocycles. The zero-order valence-electron chi connectivity index (χ0n) is 15.5. The summed E-state index contributed by atoms with van der Waals surface area (Å²) >= 11 is 0. The Labute approximate surface area is 154 Å². The third-order valence-electron chi connectivity index (χ3n) is 5.32. The second-order valence-corrected chi connectivity index (χ2v) is 7.02. The topological polar surface area (TPSA) is 66.0 Å². The van der Waals surface area contributed by atoms with Crippen LogP contribution in [0.1, 0.15) is 25.7 Å². The van der Waals surface area contributed by atoms with Gasteiger partial charge in [0.15, 0.2) is 0 Å². The van der Waals surface area contributed by atoms with Crippen LogP contribution in [0.25, 0.3) is 0 Å². The second kappa shape index (κ2) is 8.87. The van der Waals surface area contributed by atoms with Crippen molar-refractivity contribution in [3.05, 3.63) is 24.4 Å². The standard InChI is InChI=1S/C19H28N4O3/c1-26-19(25)23-10-4-5-16(15-23)7-8-18(24)22-13-11-21(12-14-22)17-6-2-3-9-20-17/h2-3,6,9,16H,4-5,7-8,10-15H2,1H3. The van der Waals surface area contributed by atoms with Gasteiger partial charge in [-0.3, -0.25) is 4.79 Å². The van der Waals surface area contributed by atoms with Crippen LogP contribution in [-0.4, -0.2) is 73.2 Å². The van der Waals surface area contributed by atoms with Crippen molar-refractivity contribution in [2.45, 2.75) is 25.7 Å². The Morgan fingerprint density at radius 2 is 1.96 bits per heavy atom. The fourth-order valence-electron chi connectivity index (χ4n) is 3.81. The highest BCUT2D eigenvalue weighted by Gasteiger charge is 2.26. The summed E-state index contributed by atoms with van der Waals surface area (Å²) < 4.78 is 4.81. The summed E-state index contributed by atoms with van der Waals surface area (Å²) in [6.07, 6.45) is 5.00. The molecule has 7 nitrogen and oxygen atoms in total. The number of carbonyl (C=O) groups excluding carboxylic acids is 2. The number of ether oxygens (including phenoxy) is 1. The van der Waals surface area contributed by atoms with Crippen LogP contribution in [0.15, 0.2) is 24.4 Å². The summed E-state index contributed by atoms with van der Waals surface area (Å²) in [7, 11) is 1.42. The Balaban J connectivity index is 1.41. The molecular formula is C19H28N4O3. The molecule has 26 heavy (non-hydrogen) atoms. The van der Waals surface area contributed by atoms with Crippen LogP contribution in [0.4, 0.5) is 10.6 Å². The van der Waals surface area contributed by atoms with Crippen molar-refractivity contribution in [1.29, 1.82) is 0 Å². The van der Waals surface area contributed by atoms with E-state index in [0.29, 0.717) is 18.9 Å². The molecular weight excluding hydrogens is 332 g/mol. The summed E-state index contributed by atoms with van der Waals surface area (Å²) in [6.45, 7) is 4.59. The Morgan fingerprint density at radius 1 is 1.15 bits per heavy atom. The molecule has 0 radical (unpaired) electrons. The number of amides is 2. The van der Waals surface area contributed by atoms with Crippen LogP contribution in [0.5, 0.6) is 0 Å². The predicted octanol–water partition coefficient (Wildman–Crippen LogP) is 1.99. The molecule has 0 saturated carbocycles. The van der Waals surface area contributed by atoms with E-state index < -0.39 is 0 Å². The monoisotopic (exact) mass is 360 g/mol. The van der Waals surface area contributed by atoms with Crippen LogP contribution in [0, 0.1) is 5.92 Å². The third-order valence-corrected chi connectivity index (χ3v) is 5.32. The molecule has 1 aromatic rings. The lowest BCUT2D eigenvalue weighted by atomic mass is 9.93. The smallest absolute Gasteiger partial charge is 0.409 e. The first-order chi connectivity index (χ1) is 12.7. The summed E-state index contributed by atoms with van der Waals surface area (Å²) in [5.41, 5.74) is 0. The number of pyridine rings is 1. The fraction of sp³-hybridized carbons (Fsp3) is 0.632. The van der Waals surface area contributed by atoms with Crippen molar-refractivity contribution in [2.24, 2.45) is 5.92 Å². The Kier molecular flexibility index (Phi) is 6.30. The SMILES string of the molecule is COC(=O)N1CCCC(CCC(=O)N2CCN(c3ccccn3)CC2)C1. The van der Waals surface area contributed by atoms with Crippen LogP contribution >= 0.6 is 0 Å². The van der Waals surface area contributed by atoms with Crippen LogP contribution in [0.3, 0.4) is 0 Å². The molecule has 2 aliphatic rings. The van der Waals surface area contributed by atoms with E-state index >= 15 is 0 Å². The van der Waals surface area contributed by atoms with Crippen molar-refractivity contribution in [3.63, 3.8) is 0 Å². The number of anilines is 1. The van der Waals surface area contributed by atoms with Crippen molar-refractivity contribution >= 4 is 17.8 Å². The van der Waals surface area contributed by atoms with E-state index in [2.05, 4.69) is 9.88 Å². The van der Waals surface area contributed by atoms with E-state index in [1.54, 1.807) is 11.1 Å². The van der Waals surface area contributed by atoms with E-state index in [1.807, 2.05) is 23.1 Å². The number of piperidine rings is 1. The van der Waals surface area contributed by atoms with Crippen molar-refractivity contribution in [3.8, 4) is 0 Å². The number of aromatic nitrogens is 1. The van der Waals surface area contributed by atoms with Gasteiger partial charge in [0.25, 0.3) is 0 Å². The quantitative estimate of drug-likeness (QED) is 0.821. The highest BCUT2D eigenvalue weighted by Crippen LogP contribution is 2.22. The Bertz CT molecular complexity index is 602. The van der Waals surface area contributed by atoms with Crippen molar-refractivity contribution < 1.29 is 14.3 Å². The van der Waals surface area contributed by atoms with E-state index in [9.17, 15) is 9.59 Å². The summed E-state index contributed by atoms with van der Waals surface area (Å²) in [6, 6.07) is 5.91. The van der Waals surface area contributed by atoms with Gasteiger partial charge in [-0.05, 0) is 37.3 Å². The third kappa shape index (κ3) is 4.65. The van der Waals surface area contributed by atoms with Gasteiger partial charge in [-0.25, -0.2) is 9.78 Å². The minimum absolute atomic E-state index is 0.223. The molecule has 0 spiro atoms. The zero-order valence-corrected chi connectivity index (χ0v) is 15.5. The first kappa shape index (κ1) is 18.5. The number of hydrogen-bond acceptors (Lipinski definition) is 5. The largest absolute Gasteiger partial charge is 0.453 e. The van der Waals surface area contributed by atoms with Gasteiger partial charge in [-0.1, -0.05) is 6.07 Å². The molecule has 0 aliphatic carbocycles. The van der Waals surface area contributed by atoms with Gasteiger partial charge < -0.3 is 19.4 Å². The Morgan fingerprint density at radius 3 is 2.65 bits per heavy atom. The maximum atomic E-state index is 12.5. The van der Waals surface area contributed by atoms with E-state index in [4.69, 9.17) is 4.74 Å². The maximum absolute atomic E-state index is 12.5. The van der Waals surface area contributed by atoms with Gasteiger partial charge in [-0.15, -0.1) is 0 Å². The van der Waals surface area contributed by atoms with Gasteiger partial charge in [0.05, 0.1) is 7.11 Å². The molecule has 2 amide bonds. The average Bonchev–Trinajstić information content (AvgIpc) is 2.72. The number of rotatable bonds is 4. The van der Waals surface area contributed by atoms with Gasteiger partial charge in [0, 0.05) is 51.9 Å². The van der Waals surface area contributed by atoms with Crippen LogP contribution < -0.4 is 4.90 Å². The molecule has 7 heteroatoms. The predicted molar refractivity (Wildman–Crippen MR) is 99.0 cm³/mol.